The first-order valence-corrected chi connectivity index (χ1v) is 6.88. The summed E-state index contributed by atoms with van der Waals surface area (Å²) in [4.78, 5) is 15.2. The third-order valence-corrected chi connectivity index (χ3v) is 3.54. The quantitative estimate of drug-likeness (QED) is 0.929. The number of carboxylic acid groups (broad SMARTS) is 1. The second kappa shape index (κ2) is 5.65. The van der Waals surface area contributed by atoms with Crippen LogP contribution in [0, 0.1) is 6.92 Å². The van der Waals surface area contributed by atoms with E-state index in [4.69, 9.17) is 14.4 Å². The molecule has 0 radical (unpaired) electrons. The summed E-state index contributed by atoms with van der Waals surface area (Å²) < 4.78 is 10.6. The number of rotatable bonds is 4. The van der Waals surface area contributed by atoms with Crippen LogP contribution in [0.15, 0.2) is 28.8 Å². The molecule has 1 N–H and O–H groups in total. The van der Waals surface area contributed by atoms with E-state index < -0.39 is 18.2 Å². The molecule has 0 aliphatic carbocycles. The number of aliphatic carboxylic acids is 1. The number of hydrogen-bond donors (Lipinski definition) is 1. The maximum Gasteiger partial charge on any atom is 0.332 e. The molecule has 6 nitrogen and oxygen atoms in total. The maximum atomic E-state index is 10.9. The number of carbonyl (C=O) groups is 1. The zero-order valence-corrected chi connectivity index (χ0v) is 11.7. The average Bonchev–Trinajstić information content (AvgIpc) is 3.10. The van der Waals surface area contributed by atoms with Crippen LogP contribution in [-0.4, -0.2) is 27.3 Å². The van der Waals surface area contributed by atoms with Crippen LogP contribution in [0.3, 0.4) is 0 Å². The molecular formula is C15H16N2O4. The molecule has 2 aromatic rings. The minimum Gasteiger partial charge on any atom is -0.479 e. The largest absolute Gasteiger partial charge is 0.479 e. The third-order valence-electron chi connectivity index (χ3n) is 3.54. The molecule has 6 heteroatoms. The topological polar surface area (TPSA) is 85.5 Å². The summed E-state index contributed by atoms with van der Waals surface area (Å²) in [6.45, 7) is 2.03. The first kappa shape index (κ1) is 13.8. The number of hydrogen-bond acceptors (Lipinski definition) is 5. The van der Waals surface area contributed by atoms with Gasteiger partial charge in [0.1, 0.15) is 6.10 Å². The van der Waals surface area contributed by atoms with Crippen molar-refractivity contribution in [1.82, 2.24) is 10.1 Å². The molecule has 1 aliphatic heterocycles. The Kier molecular flexibility index (Phi) is 3.70. The van der Waals surface area contributed by atoms with Crippen molar-refractivity contribution in [1.29, 1.82) is 0 Å². The van der Waals surface area contributed by atoms with E-state index in [1.54, 1.807) is 0 Å². The van der Waals surface area contributed by atoms with Gasteiger partial charge in [0.15, 0.2) is 11.9 Å². The highest BCUT2D eigenvalue weighted by Crippen LogP contribution is 2.31. The summed E-state index contributed by atoms with van der Waals surface area (Å²) in [7, 11) is 0. The summed E-state index contributed by atoms with van der Waals surface area (Å²) in [5.41, 5.74) is 2.30. The monoisotopic (exact) mass is 288 g/mol. The summed E-state index contributed by atoms with van der Waals surface area (Å²) >= 11 is 0. The van der Waals surface area contributed by atoms with Crippen LogP contribution in [-0.2, 0) is 16.0 Å². The zero-order chi connectivity index (χ0) is 14.8. The van der Waals surface area contributed by atoms with Crippen LogP contribution in [0.25, 0.3) is 0 Å². The van der Waals surface area contributed by atoms with Gasteiger partial charge in [0.2, 0.25) is 0 Å². The molecule has 110 valence electrons. The predicted octanol–water partition coefficient (Wildman–Crippen LogP) is 2.27. The third kappa shape index (κ3) is 3.11. The lowest BCUT2D eigenvalue weighted by Gasteiger charge is -2.05. The zero-order valence-electron chi connectivity index (χ0n) is 11.7. The number of carboxylic acids is 1. The van der Waals surface area contributed by atoms with Gasteiger partial charge in [-0.2, -0.15) is 4.98 Å². The number of aromatic nitrogens is 2. The summed E-state index contributed by atoms with van der Waals surface area (Å²) in [5, 5.41) is 12.8. The van der Waals surface area contributed by atoms with Gasteiger partial charge in [-0.1, -0.05) is 35.0 Å². The first-order valence-electron chi connectivity index (χ1n) is 6.88. The normalized spacial score (nSPS) is 21.6. The van der Waals surface area contributed by atoms with Crippen molar-refractivity contribution in [3.05, 3.63) is 47.1 Å². The average molecular weight is 288 g/mol. The fourth-order valence-electron chi connectivity index (χ4n) is 2.36. The molecule has 1 aliphatic rings. The van der Waals surface area contributed by atoms with E-state index in [1.165, 1.54) is 5.56 Å². The molecule has 0 bridgehead atoms. The number of nitrogens with zero attached hydrogens (tertiary/aromatic N) is 2. The van der Waals surface area contributed by atoms with Crippen LogP contribution in [0.5, 0.6) is 0 Å². The molecule has 0 saturated carbocycles. The SMILES string of the molecule is Cc1ccc(Cc2noc(C3CCC(C(=O)O)O3)n2)cc1. The van der Waals surface area contributed by atoms with Crippen molar-refractivity contribution in [3.63, 3.8) is 0 Å². The number of ether oxygens (including phenoxy) is 1. The molecule has 21 heavy (non-hydrogen) atoms. The van der Waals surface area contributed by atoms with E-state index in [1.807, 2.05) is 31.2 Å². The molecule has 3 rings (SSSR count). The van der Waals surface area contributed by atoms with Crippen LogP contribution in [0.2, 0.25) is 0 Å². The summed E-state index contributed by atoms with van der Waals surface area (Å²) in [6, 6.07) is 8.12. The van der Waals surface area contributed by atoms with E-state index >= 15 is 0 Å². The lowest BCUT2D eigenvalue weighted by Crippen LogP contribution is -2.18. The number of aryl methyl sites for hydroxylation is 1. The van der Waals surface area contributed by atoms with Crippen molar-refractivity contribution in [2.24, 2.45) is 0 Å². The van der Waals surface area contributed by atoms with Crippen molar-refractivity contribution < 1.29 is 19.2 Å². The van der Waals surface area contributed by atoms with Gasteiger partial charge in [-0.15, -0.1) is 0 Å². The van der Waals surface area contributed by atoms with E-state index in [9.17, 15) is 4.79 Å². The van der Waals surface area contributed by atoms with Crippen LogP contribution < -0.4 is 0 Å². The van der Waals surface area contributed by atoms with Crippen LogP contribution >= 0.6 is 0 Å². The fraction of sp³-hybridized carbons (Fsp3) is 0.400. The van der Waals surface area contributed by atoms with E-state index in [2.05, 4.69) is 10.1 Å². The van der Waals surface area contributed by atoms with E-state index in [-0.39, 0.29) is 0 Å². The Balaban J connectivity index is 1.66. The highest BCUT2D eigenvalue weighted by Gasteiger charge is 2.34. The molecule has 1 aromatic carbocycles. The van der Waals surface area contributed by atoms with E-state index in [0.717, 1.165) is 5.56 Å². The second-order valence-corrected chi connectivity index (χ2v) is 5.24. The molecule has 1 aromatic heterocycles. The molecule has 2 atom stereocenters. The van der Waals surface area contributed by atoms with E-state index in [0.29, 0.717) is 31.0 Å². The van der Waals surface area contributed by atoms with Gasteiger partial charge in [0.05, 0.1) is 0 Å². The number of benzene rings is 1. The van der Waals surface area contributed by atoms with Gasteiger partial charge in [-0.25, -0.2) is 4.79 Å². The predicted molar refractivity (Wildman–Crippen MR) is 72.8 cm³/mol. The molecule has 1 fully saturated rings. The lowest BCUT2D eigenvalue weighted by atomic mass is 10.1. The first-order chi connectivity index (χ1) is 10.1. The molecule has 1 saturated heterocycles. The molecule has 2 unspecified atom stereocenters. The molecule has 0 spiro atoms. The minimum atomic E-state index is -0.947. The van der Waals surface area contributed by atoms with Crippen molar-refractivity contribution in [3.8, 4) is 0 Å². The lowest BCUT2D eigenvalue weighted by molar-refractivity contribution is -0.150. The van der Waals surface area contributed by atoms with Gasteiger partial charge in [-0.3, -0.25) is 0 Å². The van der Waals surface area contributed by atoms with Crippen molar-refractivity contribution in [2.45, 2.75) is 38.4 Å². The standard InChI is InChI=1S/C15H16N2O4/c1-9-2-4-10(5-3-9)8-13-16-14(21-17-13)11-6-7-12(20-11)15(18)19/h2-5,11-12H,6-8H2,1H3,(H,18,19). The smallest absolute Gasteiger partial charge is 0.332 e. The van der Waals surface area contributed by atoms with Gasteiger partial charge in [0.25, 0.3) is 5.89 Å². The Bertz CT molecular complexity index is 635. The Hall–Kier alpha value is -2.21. The van der Waals surface area contributed by atoms with Crippen LogP contribution in [0.1, 0.15) is 41.8 Å². The molecule has 2 heterocycles. The Labute approximate surface area is 121 Å². The second-order valence-electron chi connectivity index (χ2n) is 5.24. The minimum absolute atomic E-state index is 0.362. The van der Waals surface area contributed by atoms with Crippen molar-refractivity contribution in [2.75, 3.05) is 0 Å². The highest BCUT2D eigenvalue weighted by molar-refractivity contribution is 5.72. The summed E-state index contributed by atoms with van der Waals surface area (Å²) in [6.07, 6.45) is 0.449. The maximum absolute atomic E-state index is 10.9. The van der Waals surface area contributed by atoms with Gasteiger partial charge < -0.3 is 14.4 Å². The van der Waals surface area contributed by atoms with Gasteiger partial charge in [-0.05, 0) is 25.3 Å². The summed E-state index contributed by atoms with van der Waals surface area (Å²) in [5.74, 6) is -0.00557. The Morgan fingerprint density at radius 2 is 2.10 bits per heavy atom. The van der Waals surface area contributed by atoms with Gasteiger partial charge in [0, 0.05) is 6.42 Å². The molecule has 0 amide bonds. The van der Waals surface area contributed by atoms with Crippen molar-refractivity contribution >= 4 is 5.97 Å². The highest BCUT2D eigenvalue weighted by atomic mass is 16.5. The van der Waals surface area contributed by atoms with Gasteiger partial charge >= 0.3 is 5.97 Å². The van der Waals surface area contributed by atoms with Crippen LogP contribution in [0.4, 0.5) is 0 Å². The Morgan fingerprint density at radius 3 is 2.76 bits per heavy atom. The Morgan fingerprint density at radius 1 is 1.33 bits per heavy atom. The fourth-order valence-corrected chi connectivity index (χ4v) is 2.36. The molecular weight excluding hydrogens is 272 g/mol.